The Balaban J connectivity index is 0.000000202. The molecule has 0 saturated carbocycles. The summed E-state index contributed by atoms with van der Waals surface area (Å²) in [7, 11) is 9.07. The number of aliphatic carboxylic acids is 1. The number of halogens is 2. The van der Waals surface area contributed by atoms with Crippen LogP contribution in [0.1, 0.15) is 28.1 Å². The van der Waals surface area contributed by atoms with Gasteiger partial charge in [-0.1, -0.05) is 24.3 Å². The van der Waals surface area contributed by atoms with Gasteiger partial charge in [-0.15, -0.1) is 0 Å². The number of carboxylic acid groups (broad SMARTS) is 1. The lowest BCUT2D eigenvalue weighted by atomic mass is 10.1. The quantitative estimate of drug-likeness (QED) is 0.128. The number of rotatable bonds is 12. The lowest BCUT2D eigenvalue weighted by Crippen LogP contribution is -2.22. The molecule has 4 aromatic carbocycles. The van der Waals surface area contributed by atoms with Crippen molar-refractivity contribution in [2.45, 2.75) is 12.2 Å². The highest BCUT2D eigenvalue weighted by atomic mass is 19.1. The number of nitrogens with one attached hydrogen (secondary N) is 1. The number of aromatic amines is 1. The summed E-state index contributed by atoms with van der Waals surface area (Å²) in [5.41, 5.74) is 4.32. The van der Waals surface area contributed by atoms with Gasteiger partial charge in [-0.25, -0.2) is 18.3 Å². The summed E-state index contributed by atoms with van der Waals surface area (Å²) in [4.78, 5) is 23.4. The minimum absolute atomic E-state index is 0.379. The van der Waals surface area contributed by atoms with Crippen LogP contribution in [0.2, 0.25) is 0 Å². The van der Waals surface area contributed by atoms with Gasteiger partial charge in [0.2, 0.25) is 0 Å². The molecule has 0 radical (unpaired) electrons. The van der Waals surface area contributed by atoms with Crippen molar-refractivity contribution in [2.75, 3.05) is 42.7 Å². The van der Waals surface area contributed by atoms with Crippen molar-refractivity contribution in [3.63, 3.8) is 0 Å². The summed E-state index contributed by atoms with van der Waals surface area (Å²) in [6.45, 7) is 0. The third kappa shape index (κ3) is 10.7. The van der Waals surface area contributed by atoms with Crippen LogP contribution in [0, 0.1) is 11.6 Å². The number of carbonyl (C=O) groups is 2. The smallest absolute Gasteiger partial charge is 0.337 e. The summed E-state index contributed by atoms with van der Waals surface area (Å²) in [6, 6.07) is 25.5. The largest absolute Gasteiger partial charge is 0.493 e. The number of ether oxygens (including phenoxy) is 6. The summed E-state index contributed by atoms with van der Waals surface area (Å²) < 4.78 is 57.7. The van der Waals surface area contributed by atoms with Gasteiger partial charge in [-0.05, 0) is 83.9 Å². The molecule has 15 heteroatoms. The molecule has 0 aliphatic carbocycles. The molecule has 2 aromatic heterocycles. The second-order valence-corrected chi connectivity index (χ2v) is 11.3. The van der Waals surface area contributed by atoms with Crippen LogP contribution in [-0.4, -0.2) is 79.6 Å². The van der Waals surface area contributed by atoms with Gasteiger partial charge in [0.1, 0.15) is 11.6 Å². The fourth-order valence-electron chi connectivity index (χ4n) is 5.17. The van der Waals surface area contributed by atoms with Crippen LogP contribution in [0.4, 0.5) is 8.78 Å². The number of benzene rings is 4. The normalized spacial score (nSPS) is 11.5. The highest BCUT2D eigenvalue weighted by Gasteiger charge is 2.23. The molecule has 0 bridgehead atoms. The SMILES string of the molecule is COC(C(=O)O)c1ccc(F)cc1.COc1ccc(-c2ccn(C(=O)C(OC)c3ccc(F)cc3)n2)cc1OC.COc1ccc(-c2ccn[nH]2)cc1OC. The van der Waals surface area contributed by atoms with Crippen molar-refractivity contribution in [3.05, 3.63) is 132 Å². The highest BCUT2D eigenvalue weighted by molar-refractivity contribution is 5.84. The number of hydrogen-bond acceptors (Lipinski definition) is 10. The average Bonchev–Trinajstić information content (AvgIpc) is 3.94. The molecular weight excluding hydrogens is 718 g/mol. The zero-order valence-corrected chi connectivity index (χ0v) is 30.9. The van der Waals surface area contributed by atoms with Crippen LogP contribution in [0.15, 0.2) is 109 Å². The lowest BCUT2D eigenvalue weighted by molar-refractivity contribution is -0.148. The zero-order chi connectivity index (χ0) is 39.9. The van der Waals surface area contributed by atoms with Crippen molar-refractivity contribution >= 4 is 11.9 Å². The van der Waals surface area contributed by atoms with E-state index in [4.69, 9.17) is 33.5 Å². The number of methoxy groups -OCH3 is 6. The molecule has 0 aliphatic rings. The van der Waals surface area contributed by atoms with E-state index >= 15 is 0 Å². The van der Waals surface area contributed by atoms with E-state index in [2.05, 4.69) is 15.3 Å². The molecule has 55 heavy (non-hydrogen) atoms. The van der Waals surface area contributed by atoms with Crippen LogP contribution in [0.5, 0.6) is 23.0 Å². The topological polar surface area (TPSA) is 156 Å². The van der Waals surface area contributed by atoms with E-state index in [0.29, 0.717) is 34.1 Å². The second kappa shape index (κ2) is 20.0. The van der Waals surface area contributed by atoms with Crippen molar-refractivity contribution in [2.24, 2.45) is 0 Å². The molecule has 0 aliphatic heterocycles. The van der Waals surface area contributed by atoms with Crippen LogP contribution < -0.4 is 18.9 Å². The number of carboxylic acids is 1. The third-order valence-corrected chi connectivity index (χ3v) is 7.95. The van der Waals surface area contributed by atoms with Gasteiger partial charge in [0.15, 0.2) is 35.2 Å². The van der Waals surface area contributed by atoms with E-state index in [0.717, 1.165) is 22.6 Å². The molecule has 2 heterocycles. The first-order valence-electron chi connectivity index (χ1n) is 16.4. The predicted octanol–water partition coefficient (Wildman–Crippen LogP) is 7.43. The zero-order valence-electron chi connectivity index (χ0n) is 30.9. The van der Waals surface area contributed by atoms with Crippen LogP contribution >= 0.6 is 0 Å². The molecule has 6 rings (SSSR count). The van der Waals surface area contributed by atoms with Gasteiger partial charge in [-0.3, -0.25) is 9.89 Å². The van der Waals surface area contributed by atoms with E-state index in [9.17, 15) is 18.4 Å². The van der Waals surface area contributed by atoms with Crippen LogP contribution in [0.3, 0.4) is 0 Å². The fraction of sp³-hybridized carbons (Fsp3) is 0.200. The van der Waals surface area contributed by atoms with E-state index in [1.165, 1.54) is 67.4 Å². The summed E-state index contributed by atoms with van der Waals surface area (Å²) in [5, 5.41) is 19.8. The van der Waals surface area contributed by atoms with E-state index < -0.39 is 24.0 Å². The standard InChI is InChI=1S/C20H19FN2O4.C11H12N2O2.C9H9FO3/c1-25-17-9-6-14(12-18(17)26-2)16-10-11-23(22-16)20(24)19(27-3)13-4-7-15(21)8-5-13;1-14-10-4-3-8(7-11(10)15-2)9-5-6-12-13-9;1-13-8(9(11)12)6-2-4-7(10)5-3-6/h4-12,19H,1-3H3;3-7H,1-2H3,(H,12,13);2-5,8H,1H3,(H,11,12). The number of aromatic nitrogens is 4. The number of nitrogens with zero attached hydrogens (tertiary/aromatic N) is 3. The minimum atomic E-state index is -1.09. The first-order chi connectivity index (χ1) is 26.6. The highest BCUT2D eigenvalue weighted by Crippen LogP contribution is 2.33. The first kappa shape index (κ1) is 41.2. The maximum absolute atomic E-state index is 13.1. The van der Waals surface area contributed by atoms with E-state index in [1.54, 1.807) is 59.0 Å². The Kier molecular flexibility index (Phi) is 15.0. The van der Waals surface area contributed by atoms with E-state index in [-0.39, 0.29) is 11.7 Å². The molecule has 0 saturated heterocycles. The maximum atomic E-state index is 13.1. The van der Waals surface area contributed by atoms with Crippen molar-refractivity contribution in [1.29, 1.82) is 0 Å². The van der Waals surface area contributed by atoms with Crippen LogP contribution in [0.25, 0.3) is 22.5 Å². The molecule has 2 atom stereocenters. The first-order valence-corrected chi connectivity index (χ1v) is 16.4. The third-order valence-electron chi connectivity index (χ3n) is 7.95. The van der Waals surface area contributed by atoms with Gasteiger partial charge in [-0.2, -0.15) is 10.2 Å². The van der Waals surface area contributed by atoms with Gasteiger partial charge in [0.25, 0.3) is 5.91 Å². The molecule has 2 unspecified atom stereocenters. The van der Waals surface area contributed by atoms with Gasteiger partial charge >= 0.3 is 5.97 Å². The van der Waals surface area contributed by atoms with Crippen molar-refractivity contribution in [3.8, 4) is 45.5 Å². The van der Waals surface area contributed by atoms with E-state index in [1.807, 2.05) is 30.3 Å². The molecular formula is C40H40F2N4O9. The Labute approximate surface area is 316 Å². The number of carbonyl (C=O) groups excluding carboxylic acids is 1. The lowest BCUT2D eigenvalue weighted by Gasteiger charge is -2.14. The molecule has 288 valence electrons. The number of H-pyrrole nitrogens is 1. The van der Waals surface area contributed by atoms with Crippen molar-refractivity contribution < 1.29 is 51.9 Å². The van der Waals surface area contributed by atoms with Gasteiger partial charge in [0.05, 0.1) is 39.8 Å². The summed E-state index contributed by atoms with van der Waals surface area (Å²) in [5.74, 6) is 0.361. The second-order valence-electron chi connectivity index (χ2n) is 11.3. The number of hydrogen-bond donors (Lipinski definition) is 2. The molecule has 0 spiro atoms. The molecule has 6 aromatic rings. The average molecular weight is 759 g/mol. The summed E-state index contributed by atoms with van der Waals surface area (Å²) >= 11 is 0. The molecule has 0 amide bonds. The van der Waals surface area contributed by atoms with Crippen molar-refractivity contribution in [1.82, 2.24) is 20.0 Å². The molecule has 2 N–H and O–H groups in total. The predicted molar refractivity (Wildman–Crippen MR) is 198 cm³/mol. The Morgan fingerprint density at radius 2 is 1.13 bits per heavy atom. The molecule has 13 nitrogen and oxygen atoms in total. The summed E-state index contributed by atoms with van der Waals surface area (Å²) in [6.07, 6.45) is 1.36. The van der Waals surface area contributed by atoms with Gasteiger partial charge in [0, 0.05) is 37.7 Å². The Bertz CT molecular complexity index is 2120. The Morgan fingerprint density at radius 3 is 1.58 bits per heavy atom. The Morgan fingerprint density at radius 1 is 0.636 bits per heavy atom. The van der Waals surface area contributed by atoms with Gasteiger partial charge < -0.3 is 33.5 Å². The maximum Gasteiger partial charge on any atom is 0.337 e. The Hall–Kier alpha value is -6.58. The fourth-order valence-corrected chi connectivity index (χ4v) is 5.17. The van der Waals surface area contributed by atoms with Crippen LogP contribution in [-0.2, 0) is 14.3 Å². The monoisotopic (exact) mass is 758 g/mol. The minimum Gasteiger partial charge on any atom is -0.493 e. The molecule has 0 fully saturated rings.